The van der Waals surface area contributed by atoms with Crippen LogP contribution in [0.25, 0.3) is 0 Å². The molecule has 3 unspecified atom stereocenters. The van der Waals surface area contributed by atoms with Crippen LogP contribution in [0.2, 0.25) is 0 Å². The molecule has 0 spiro atoms. The zero-order chi connectivity index (χ0) is 12.5. The molecular weight excluding hydrogens is 206 g/mol. The highest BCUT2D eigenvalue weighted by atomic mass is 14.8. The fourth-order valence-corrected chi connectivity index (χ4v) is 3.56. The van der Waals surface area contributed by atoms with E-state index in [0.29, 0.717) is 11.8 Å². The van der Waals surface area contributed by atoms with Crippen LogP contribution in [0.5, 0.6) is 0 Å². The average Bonchev–Trinajstić information content (AvgIpc) is 2.29. The lowest BCUT2D eigenvalue weighted by molar-refractivity contribution is 0.108. The molecule has 1 heteroatoms. The monoisotopic (exact) mass is 231 g/mol. The number of hydrogen-bond donors (Lipinski definition) is 1. The number of benzene rings is 1. The van der Waals surface area contributed by atoms with Crippen LogP contribution in [0, 0.1) is 17.8 Å². The van der Waals surface area contributed by atoms with Gasteiger partial charge in [0, 0.05) is 5.54 Å². The van der Waals surface area contributed by atoms with Gasteiger partial charge in [0.2, 0.25) is 0 Å². The Morgan fingerprint density at radius 1 is 1.18 bits per heavy atom. The van der Waals surface area contributed by atoms with Gasteiger partial charge in [-0.3, -0.25) is 0 Å². The smallest absolute Gasteiger partial charge is 0.0443 e. The molecule has 1 saturated carbocycles. The van der Waals surface area contributed by atoms with Gasteiger partial charge in [-0.05, 0) is 36.2 Å². The molecule has 0 aliphatic heterocycles. The summed E-state index contributed by atoms with van der Waals surface area (Å²) in [6.45, 7) is 6.96. The average molecular weight is 231 g/mol. The van der Waals surface area contributed by atoms with Gasteiger partial charge >= 0.3 is 0 Å². The van der Waals surface area contributed by atoms with Crippen LogP contribution < -0.4 is 5.73 Å². The van der Waals surface area contributed by atoms with Gasteiger partial charge in [-0.25, -0.2) is 0 Å². The van der Waals surface area contributed by atoms with Crippen molar-refractivity contribution in [3.05, 3.63) is 35.9 Å². The first-order valence-electron chi connectivity index (χ1n) is 6.88. The lowest BCUT2D eigenvalue weighted by atomic mass is 9.63. The van der Waals surface area contributed by atoms with E-state index in [-0.39, 0.29) is 5.54 Å². The predicted molar refractivity (Wildman–Crippen MR) is 73.7 cm³/mol. The van der Waals surface area contributed by atoms with Crippen molar-refractivity contribution in [2.24, 2.45) is 23.5 Å². The van der Waals surface area contributed by atoms with E-state index in [0.717, 1.165) is 12.3 Å². The summed E-state index contributed by atoms with van der Waals surface area (Å²) in [6, 6.07) is 10.7. The lowest BCUT2D eigenvalue weighted by Gasteiger charge is -2.46. The Hall–Kier alpha value is -0.820. The summed E-state index contributed by atoms with van der Waals surface area (Å²) in [5, 5.41) is 0. The van der Waals surface area contributed by atoms with Crippen LogP contribution in [0.1, 0.15) is 45.6 Å². The highest BCUT2D eigenvalue weighted by Gasteiger charge is 2.42. The molecule has 17 heavy (non-hydrogen) atoms. The highest BCUT2D eigenvalue weighted by molar-refractivity contribution is 5.26. The predicted octanol–water partition coefficient (Wildman–Crippen LogP) is 3.93. The molecule has 1 aromatic carbocycles. The molecule has 0 heterocycles. The van der Waals surface area contributed by atoms with E-state index in [1.165, 1.54) is 18.4 Å². The fraction of sp³-hybridized carbons (Fsp3) is 0.625. The topological polar surface area (TPSA) is 26.0 Å². The number of hydrogen-bond acceptors (Lipinski definition) is 1. The van der Waals surface area contributed by atoms with Crippen LogP contribution in [0.4, 0.5) is 0 Å². The van der Waals surface area contributed by atoms with Gasteiger partial charge in [0.15, 0.2) is 0 Å². The van der Waals surface area contributed by atoms with Crippen LogP contribution in [0.3, 0.4) is 0 Å². The normalized spacial score (nSPS) is 33.9. The van der Waals surface area contributed by atoms with E-state index >= 15 is 0 Å². The zero-order valence-electron chi connectivity index (χ0n) is 11.3. The van der Waals surface area contributed by atoms with Gasteiger partial charge in [0.05, 0.1) is 0 Å². The van der Waals surface area contributed by atoms with Crippen molar-refractivity contribution >= 4 is 0 Å². The molecule has 1 aromatic rings. The van der Waals surface area contributed by atoms with E-state index in [2.05, 4.69) is 51.1 Å². The molecule has 3 atom stereocenters. The van der Waals surface area contributed by atoms with Gasteiger partial charge in [-0.2, -0.15) is 0 Å². The Bertz CT molecular complexity index is 357. The summed E-state index contributed by atoms with van der Waals surface area (Å²) < 4.78 is 0. The lowest BCUT2D eigenvalue weighted by Crippen LogP contribution is -2.50. The maximum atomic E-state index is 6.82. The molecule has 0 bridgehead atoms. The second-order valence-corrected chi connectivity index (χ2v) is 6.14. The van der Waals surface area contributed by atoms with Gasteiger partial charge in [0.25, 0.3) is 0 Å². The van der Waals surface area contributed by atoms with Gasteiger partial charge in [0.1, 0.15) is 0 Å². The largest absolute Gasteiger partial charge is 0.321 e. The van der Waals surface area contributed by atoms with E-state index < -0.39 is 0 Å². The summed E-state index contributed by atoms with van der Waals surface area (Å²) in [5.74, 6) is 2.02. The Morgan fingerprint density at radius 3 is 2.41 bits per heavy atom. The van der Waals surface area contributed by atoms with Gasteiger partial charge in [-0.1, -0.05) is 57.5 Å². The van der Waals surface area contributed by atoms with Crippen LogP contribution in [-0.2, 0) is 5.54 Å². The molecule has 2 rings (SSSR count). The first kappa shape index (κ1) is 12.6. The van der Waals surface area contributed by atoms with E-state index in [4.69, 9.17) is 5.73 Å². The molecule has 0 amide bonds. The summed E-state index contributed by atoms with van der Waals surface area (Å²) >= 11 is 0. The third kappa shape index (κ3) is 2.40. The van der Waals surface area contributed by atoms with Crippen LogP contribution >= 0.6 is 0 Å². The molecule has 1 nitrogen and oxygen atoms in total. The maximum absolute atomic E-state index is 6.82. The molecule has 1 aliphatic carbocycles. The zero-order valence-corrected chi connectivity index (χ0v) is 11.3. The fourth-order valence-electron chi connectivity index (χ4n) is 3.56. The molecule has 1 aliphatic rings. The minimum Gasteiger partial charge on any atom is -0.321 e. The summed E-state index contributed by atoms with van der Waals surface area (Å²) in [7, 11) is 0. The molecule has 94 valence electrons. The van der Waals surface area contributed by atoms with Crippen molar-refractivity contribution < 1.29 is 0 Å². The summed E-state index contributed by atoms with van der Waals surface area (Å²) in [6.07, 6.45) is 3.72. The summed E-state index contributed by atoms with van der Waals surface area (Å²) in [5.41, 5.74) is 8.02. The number of rotatable bonds is 2. The third-order valence-corrected chi connectivity index (χ3v) is 4.43. The van der Waals surface area contributed by atoms with E-state index in [1.807, 2.05) is 0 Å². The third-order valence-electron chi connectivity index (χ3n) is 4.43. The first-order valence-corrected chi connectivity index (χ1v) is 6.88. The van der Waals surface area contributed by atoms with Gasteiger partial charge < -0.3 is 5.73 Å². The quantitative estimate of drug-likeness (QED) is 0.820. The minimum absolute atomic E-state index is 0.118. The second-order valence-electron chi connectivity index (χ2n) is 6.14. The standard InChI is InChI=1S/C16H25N/c1-12(2)15-10-9-13(3)11-16(15,17)14-7-5-4-6-8-14/h4-8,12-13,15H,9-11,17H2,1-3H3. The van der Waals surface area contributed by atoms with Crippen LogP contribution in [-0.4, -0.2) is 0 Å². The van der Waals surface area contributed by atoms with Crippen molar-refractivity contribution in [2.75, 3.05) is 0 Å². The second kappa shape index (κ2) is 4.81. The minimum atomic E-state index is -0.118. The molecule has 0 aromatic heterocycles. The molecule has 2 N–H and O–H groups in total. The van der Waals surface area contributed by atoms with Crippen molar-refractivity contribution in [2.45, 2.75) is 45.6 Å². The Kier molecular flexibility index (Phi) is 3.58. The van der Waals surface area contributed by atoms with E-state index in [9.17, 15) is 0 Å². The molecule has 0 saturated heterocycles. The van der Waals surface area contributed by atoms with Crippen molar-refractivity contribution in [1.29, 1.82) is 0 Å². The number of nitrogens with two attached hydrogens (primary N) is 1. The van der Waals surface area contributed by atoms with Gasteiger partial charge in [-0.15, -0.1) is 0 Å². The highest BCUT2D eigenvalue weighted by Crippen LogP contribution is 2.45. The molecular formula is C16H25N. The maximum Gasteiger partial charge on any atom is 0.0443 e. The van der Waals surface area contributed by atoms with Crippen LogP contribution in [0.15, 0.2) is 30.3 Å². The van der Waals surface area contributed by atoms with Crippen molar-refractivity contribution in [3.63, 3.8) is 0 Å². The Balaban J connectivity index is 2.36. The van der Waals surface area contributed by atoms with E-state index in [1.54, 1.807) is 0 Å². The SMILES string of the molecule is CC1CCC(C(C)C)C(N)(c2ccccc2)C1. The Morgan fingerprint density at radius 2 is 1.82 bits per heavy atom. The molecule has 1 fully saturated rings. The first-order chi connectivity index (χ1) is 8.04. The molecule has 0 radical (unpaired) electrons. The van der Waals surface area contributed by atoms with Crippen molar-refractivity contribution in [1.82, 2.24) is 0 Å². The summed E-state index contributed by atoms with van der Waals surface area (Å²) in [4.78, 5) is 0. The van der Waals surface area contributed by atoms with Crippen molar-refractivity contribution in [3.8, 4) is 0 Å². The Labute approximate surface area is 105 Å².